The number of fused-ring (bicyclic) bond motifs is 2. The summed E-state index contributed by atoms with van der Waals surface area (Å²) in [6.07, 6.45) is 6.84. The van der Waals surface area contributed by atoms with Crippen LogP contribution in [-0.2, 0) is 5.41 Å². The monoisotopic (exact) mass is 370 g/mol. The van der Waals surface area contributed by atoms with Gasteiger partial charge in [0.25, 0.3) is 0 Å². The first-order valence-electron chi connectivity index (χ1n) is 10.3. The van der Waals surface area contributed by atoms with E-state index in [4.69, 9.17) is 0 Å². The Bertz CT molecular complexity index is 901. The zero-order valence-corrected chi connectivity index (χ0v) is 16.0. The van der Waals surface area contributed by atoms with Crippen LogP contribution in [0, 0.1) is 5.92 Å². The normalized spacial score (nSPS) is 23.4. The van der Waals surface area contributed by atoms with Gasteiger partial charge in [0, 0.05) is 5.92 Å². The van der Waals surface area contributed by atoms with Crippen LogP contribution in [0.1, 0.15) is 60.3 Å². The van der Waals surface area contributed by atoms with Crippen molar-refractivity contribution in [3.05, 3.63) is 95.1 Å². The van der Waals surface area contributed by atoms with E-state index in [0.717, 1.165) is 17.0 Å². The Balaban J connectivity index is 1.53. The summed E-state index contributed by atoms with van der Waals surface area (Å²) in [6, 6.07) is 24.2. The molecule has 5 rings (SSSR count). The summed E-state index contributed by atoms with van der Waals surface area (Å²) in [5, 5.41) is 19.4. The minimum atomic E-state index is 0.0765. The van der Waals surface area contributed by atoms with E-state index in [2.05, 4.69) is 24.3 Å². The molecule has 0 aliphatic heterocycles. The largest absolute Gasteiger partial charge is 0.508 e. The van der Waals surface area contributed by atoms with E-state index in [9.17, 15) is 10.2 Å². The molecule has 0 atom stereocenters. The highest BCUT2D eigenvalue weighted by Crippen LogP contribution is 2.55. The van der Waals surface area contributed by atoms with Gasteiger partial charge >= 0.3 is 0 Å². The summed E-state index contributed by atoms with van der Waals surface area (Å²) in [7, 11) is 0. The first-order valence-corrected chi connectivity index (χ1v) is 10.3. The lowest BCUT2D eigenvalue weighted by atomic mass is 9.76. The maximum atomic E-state index is 9.70. The molecule has 2 heteroatoms. The van der Waals surface area contributed by atoms with E-state index in [1.165, 1.54) is 43.2 Å². The van der Waals surface area contributed by atoms with Crippen molar-refractivity contribution in [2.24, 2.45) is 5.92 Å². The fourth-order valence-electron chi connectivity index (χ4n) is 5.54. The highest BCUT2D eigenvalue weighted by atomic mass is 16.3. The lowest BCUT2D eigenvalue weighted by Crippen LogP contribution is -2.19. The van der Waals surface area contributed by atoms with E-state index >= 15 is 0 Å². The van der Waals surface area contributed by atoms with Gasteiger partial charge in [0.2, 0.25) is 0 Å². The molecule has 0 saturated heterocycles. The molecule has 3 aromatic carbocycles. The predicted molar refractivity (Wildman–Crippen MR) is 112 cm³/mol. The smallest absolute Gasteiger partial charge is 0.115 e. The van der Waals surface area contributed by atoms with Crippen molar-refractivity contribution in [2.75, 3.05) is 0 Å². The van der Waals surface area contributed by atoms with Gasteiger partial charge in [-0.1, -0.05) is 48.5 Å². The maximum absolute atomic E-state index is 9.70. The first kappa shape index (κ1) is 17.4. The van der Waals surface area contributed by atoms with Gasteiger partial charge < -0.3 is 10.2 Å². The van der Waals surface area contributed by atoms with Crippen LogP contribution in [0.25, 0.3) is 0 Å². The standard InChI is InChI=1S/C26H26O2/c27-23-9-3-20(4-10-23)25(21-5-11-24(28)12-6-21)19-1-7-22(8-2-19)26-15-13-18(17-26)14-16-26/h1-12,18,25,27-28H,13-17H2. The van der Waals surface area contributed by atoms with Crippen LogP contribution in [0.15, 0.2) is 72.8 Å². The summed E-state index contributed by atoms with van der Waals surface area (Å²) in [5.41, 5.74) is 5.44. The van der Waals surface area contributed by atoms with Gasteiger partial charge in [0.1, 0.15) is 11.5 Å². The number of benzene rings is 3. The van der Waals surface area contributed by atoms with Crippen molar-refractivity contribution < 1.29 is 10.2 Å². The van der Waals surface area contributed by atoms with Crippen LogP contribution in [-0.4, -0.2) is 10.2 Å². The number of hydrogen-bond donors (Lipinski definition) is 2. The second kappa shape index (κ2) is 6.70. The maximum Gasteiger partial charge on any atom is 0.115 e. The number of phenolic OH excluding ortho intramolecular Hbond substituents is 2. The second-order valence-corrected chi connectivity index (χ2v) is 8.67. The molecule has 142 valence electrons. The van der Waals surface area contributed by atoms with Crippen molar-refractivity contribution in [1.82, 2.24) is 0 Å². The Hall–Kier alpha value is -2.74. The summed E-state index contributed by atoms with van der Waals surface area (Å²) in [6.45, 7) is 0. The van der Waals surface area contributed by atoms with Crippen LogP contribution in [0.2, 0.25) is 0 Å². The molecule has 3 aromatic rings. The summed E-state index contributed by atoms with van der Waals surface area (Å²) in [5.74, 6) is 1.58. The lowest BCUT2D eigenvalue weighted by molar-refractivity contribution is 0.419. The zero-order valence-electron chi connectivity index (χ0n) is 16.0. The van der Waals surface area contributed by atoms with Crippen LogP contribution >= 0.6 is 0 Å². The van der Waals surface area contributed by atoms with E-state index < -0.39 is 0 Å². The van der Waals surface area contributed by atoms with Crippen molar-refractivity contribution in [1.29, 1.82) is 0 Å². The Morgan fingerprint density at radius 1 is 0.643 bits per heavy atom. The first-order chi connectivity index (χ1) is 13.6. The van der Waals surface area contributed by atoms with Gasteiger partial charge in [-0.05, 0) is 90.0 Å². The van der Waals surface area contributed by atoms with Crippen molar-refractivity contribution in [2.45, 2.75) is 43.4 Å². The molecule has 0 spiro atoms. The van der Waals surface area contributed by atoms with Crippen molar-refractivity contribution >= 4 is 0 Å². The topological polar surface area (TPSA) is 40.5 Å². The minimum absolute atomic E-state index is 0.0765. The number of aromatic hydroxyl groups is 2. The van der Waals surface area contributed by atoms with Gasteiger partial charge in [-0.3, -0.25) is 0 Å². The molecule has 2 fully saturated rings. The molecule has 0 amide bonds. The van der Waals surface area contributed by atoms with Crippen molar-refractivity contribution in [3.8, 4) is 11.5 Å². The Labute approximate surface area is 166 Å². The molecular weight excluding hydrogens is 344 g/mol. The Kier molecular flexibility index (Phi) is 4.16. The Morgan fingerprint density at radius 2 is 1.07 bits per heavy atom. The molecule has 0 aromatic heterocycles. The molecule has 2 aliphatic rings. The fraction of sp³-hybridized carbons (Fsp3) is 0.308. The molecular formula is C26H26O2. The summed E-state index contributed by atoms with van der Waals surface area (Å²) in [4.78, 5) is 0. The lowest BCUT2D eigenvalue weighted by Gasteiger charge is -2.28. The second-order valence-electron chi connectivity index (χ2n) is 8.67. The van der Waals surface area contributed by atoms with E-state index in [-0.39, 0.29) is 17.4 Å². The third-order valence-corrected chi connectivity index (χ3v) is 7.05. The zero-order chi connectivity index (χ0) is 19.1. The molecule has 2 aliphatic carbocycles. The number of phenols is 2. The van der Waals surface area contributed by atoms with E-state index in [1.807, 2.05) is 24.3 Å². The third kappa shape index (κ3) is 2.97. The van der Waals surface area contributed by atoms with Crippen LogP contribution in [0.4, 0.5) is 0 Å². The SMILES string of the molecule is Oc1ccc(C(c2ccc(O)cc2)c2ccc(C34CCC(CC3)C4)cc2)cc1. The molecule has 0 heterocycles. The third-order valence-electron chi connectivity index (χ3n) is 7.05. The molecule has 2 saturated carbocycles. The Morgan fingerprint density at radius 3 is 1.46 bits per heavy atom. The molecule has 0 radical (unpaired) electrons. The molecule has 2 bridgehead atoms. The number of rotatable bonds is 4. The molecule has 28 heavy (non-hydrogen) atoms. The van der Waals surface area contributed by atoms with Crippen molar-refractivity contribution in [3.63, 3.8) is 0 Å². The van der Waals surface area contributed by atoms with E-state index in [0.29, 0.717) is 5.41 Å². The molecule has 2 N–H and O–H groups in total. The van der Waals surface area contributed by atoms with Gasteiger partial charge in [-0.2, -0.15) is 0 Å². The van der Waals surface area contributed by atoms with Gasteiger partial charge in [-0.15, -0.1) is 0 Å². The molecule has 2 nitrogen and oxygen atoms in total. The quantitative estimate of drug-likeness (QED) is 0.544. The van der Waals surface area contributed by atoms with Gasteiger partial charge in [-0.25, -0.2) is 0 Å². The highest BCUT2D eigenvalue weighted by Gasteiger charge is 2.45. The van der Waals surface area contributed by atoms with Gasteiger partial charge in [0.15, 0.2) is 0 Å². The number of hydrogen-bond acceptors (Lipinski definition) is 2. The average molecular weight is 370 g/mol. The molecule has 0 unspecified atom stereocenters. The van der Waals surface area contributed by atoms with E-state index in [1.54, 1.807) is 24.3 Å². The summed E-state index contributed by atoms with van der Waals surface area (Å²) >= 11 is 0. The highest BCUT2D eigenvalue weighted by molar-refractivity contribution is 5.46. The van der Waals surface area contributed by atoms with Crippen LogP contribution in [0.5, 0.6) is 11.5 Å². The summed E-state index contributed by atoms with van der Waals surface area (Å²) < 4.78 is 0. The fourth-order valence-corrected chi connectivity index (χ4v) is 5.54. The van der Waals surface area contributed by atoms with Crippen LogP contribution in [0.3, 0.4) is 0 Å². The predicted octanol–water partition coefficient (Wildman–Crippen LogP) is 6.11. The van der Waals surface area contributed by atoms with Crippen LogP contribution < -0.4 is 0 Å². The van der Waals surface area contributed by atoms with Gasteiger partial charge in [0.05, 0.1) is 0 Å². The minimum Gasteiger partial charge on any atom is -0.508 e. The average Bonchev–Trinajstić information content (AvgIpc) is 3.34.